The zero-order valence-corrected chi connectivity index (χ0v) is 7.66. The molecule has 0 unspecified atom stereocenters. The topological polar surface area (TPSA) is 49.7 Å². The number of hydrogen-bond acceptors (Lipinski definition) is 3. The number of phenolic OH excluding ortho intramolecular Hbond substituents is 1. The van der Waals surface area contributed by atoms with Gasteiger partial charge in [0.05, 0.1) is 12.7 Å². The number of aliphatic hydroxyl groups is 1. The molecule has 3 nitrogen and oxygen atoms in total. The third kappa shape index (κ3) is 1.75. The monoisotopic (exact) mass is 180 g/mol. The Bertz CT molecular complexity index is 342. The van der Waals surface area contributed by atoms with E-state index in [0.717, 1.165) is 5.56 Å². The molecule has 0 saturated carbocycles. The molecule has 0 amide bonds. The van der Waals surface area contributed by atoms with Crippen molar-refractivity contribution in [3.05, 3.63) is 29.8 Å². The maximum Gasteiger partial charge on any atom is 0.133 e. The largest absolute Gasteiger partial charge is 0.508 e. The van der Waals surface area contributed by atoms with Crippen molar-refractivity contribution in [2.45, 2.75) is 6.92 Å². The third-order valence-corrected chi connectivity index (χ3v) is 1.73. The van der Waals surface area contributed by atoms with Crippen LogP contribution in [0.3, 0.4) is 0 Å². The summed E-state index contributed by atoms with van der Waals surface area (Å²) in [4.78, 5) is 0. The second-order valence-corrected chi connectivity index (χ2v) is 2.81. The van der Waals surface area contributed by atoms with E-state index in [-0.39, 0.29) is 17.1 Å². The first-order valence-electron chi connectivity index (χ1n) is 3.82. The van der Waals surface area contributed by atoms with Crippen molar-refractivity contribution in [1.29, 1.82) is 0 Å². The quantitative estimate of drug-likeness (QED) is 0.686. The fourth-order valence-electron chi connectivity index (χ4n) is 1.19. The van der Waals surface area contributed by atoms with Crippen molar-refractivity contribution < 1.29 is 14.9 Å². The van der Waals surface area contributed by atoms with Gasteiger partial charge in [-0.25, -0.2) is 0 Å². The molecule has 2 N–H and O–H groups in total. The van der Waals surface area contributed by atoms with E-state index >= 15 is 0 Å². The number of benzene rings is 1. The van der Waals surface area contributed by atoms with E-state index in [4.69, 9.17) is 4.74 Å². The normalized spacial score (nSPS) is 9.69. The number of phenols is 1. The van der Waals surface area contributed by atoms with Crippen LogP contribution in [0.1, 0.15) is 11.1 Å². The zero-order chi connectivity index (χ0) is 10.0. The van der Waals surface area contributed by atoms with Gasteiger partial charge in [-0.3, -0.25) is 0 Å². The highest BCUT2D eigenvalue weighted by molar-refractivity contribution is 5.69. The van der Waals surface area contributed by atoms with Crippen LogP contribution in [0.15, 0.2) is 18.7 Å². The average molecular weight is 180 g/mol. The molecular formula is C10H12O3. The maximum atomic E-state index is 9.47. The van der Waals surface area contributed by atoms with Crippen LogP contribution in [0, 0.1) is 6.92 Å². The van der Waals surface area contributed by atoms with Gasteiger partial charge in [0.1, 0.15) is 17.3 Å². The Morgan fingerprint density at radius 2 is 2.08 bits per heavy atom. The molecule has 1 rings (SSSR count). The molecule has 0 saturated heterocycles. The smallest absolute Gasteiger partial charge is 0.133 e. The number of aromatic hydroxyl groups is 1. The van der Waals surface area contributed by atoms with Crippen molar-refractivity contribution in [3.8, 4) is 11.5 Å². The van der Waals surface area contributed by atoms with Crippen LogP contribution in [0.25, 0.3) is 5.76 Å². The van der Waals surface area contributed by atoms with Crippen LogP contribution >= 0.6 is 0 Å². The molecule has 1 aromatic carbocycles. The summed E-state index contributed by atoms with van der Waals surface area (Å²) in [7, 11) is 1.47. The van der Waals surface area contributed by atoms with Gasteiger partial charge in [-0.1, -0.05) is 6.58 Å². The van der Waals surface area contributed by atoms with Gasteiger partial charge >= 0.3 is 0 Å². The number of methoxy groups -OCH3 is 1. The summed E-state index contributed by atoms with van der Waals surface area (Å²) in [6, 6.07) is 3.26. The summed E-state index contributed by atoms with van der Waals surface area (Å²) in [6.07, 6.45) is 0. The van der Waals surface area contributed by atoms with Crippen molar-refractivity contribution in [1.82, 2.24) is 0 Å². The summed E-state index contributed by atoms with van der Waals surface area (Å²) >= 11 is 0. The molecule has 0 aliphatic rings. The van der Waals surface area contributed by atoms with Crippen LogP contribution in [0.5, 0.6) is 11.5 Å². The van der Waals surface area contributed by atoms with E-state index in [0.29, 0.717) is 5.75 Å². The van der Waals surface area contributed by atoms with Crippen LogP contribution in [0.4, 0.5) is 0 Å². The first-order chi connectivity index (χ1) is 6.06. The molecule has 0 aliphatic carbocycles. The predicted molar refractivity (Wildman–Crippen MR) is 51.1 cm³/mol. The van der Waals surface area contributed by atoms with E-state index in [1.54, 1.807) is 12.1 Å². The number of aliphatic hydroxyl groups excluding tert-OH is 1. The van der Waals surface area contributed by atoms with E-state index in [1.807, 2.05) is 6.92 Å². The molecule has 0 aromatic heterocycles. The van der Waals surface area contributed by atoms with Gasteiger partial charge < -0.3 is 14.9 Å². The van der Waals surface area contributed by atoms with Gasteiger partial charge in [0, 0.05) is 0 Å². The summed E-state index contributed by atoms with van der Waals surface area (Å²) in [5.74, 6) is 0.198. The lowest BCUT2D eigenvalue weighted by atomic mass is 10.1. The first kappa shape index (κ1) is 9.45. The fourth-order valence-corrected chi connectivity index (χ4v) is 1.19. The minimum atomic E-state index is -0.200. The highest BCUT2D eigenvalue weighted by Crippen LogP contribution is 2.33. The van der Waals surface area contributed by atoms with Crippen molar-refractivity contribution in [2.75, 3.05) is 7.11 Å². The molecule has 3 heteroatoms. The number of hydrogen-bond donors (Lipinski definition) is 2. The molecular weight excluding hydrogens is 168 g/mol. The first-order valence-corrected chi connectivity index (χ1v) is 3.82. The van der Waals surface area contributed by atoms with Crippen LogP contribution in [-0.4, -0.2) is 17.3 Å². The Kier molecular flexibility index (Phi) is 2.46. The van der Waals surface area contributed by atoms with Gasteiger partial charge in [0.25, 0.3) is 0 Å². The van der Waals surface area contributed by atoms with E-state index in [2.05, 4.69) is 6.58 Å². The molecule has 13 heavy (non-hydrogen) atoms. The number of ether oxygens (including phenoxy) is 1. The standard InChI is InChI=1S/C10H12O3/c1-6-4-8(12)10(7(2)11)9(5-6)13-3/h4-5,11-12H,2H2,1,3H3. The van der Waals surface area contributed by atoms with Crippen molar-refractivity contribution in [3.63, 3.8) is 0 Å². The maximum absolute atomic E-state index is 9.47. The fraction of sp³-hybridized carbons (Fsp3) is 0.200. The van der Waals surface area contributed by atoms with Gasteiger partial charge in [0.15, 0.2) is 0 Å². The third-order valence-electron chi connectivity index (χ3n) is 1.73. The Morgan fingerprint density at radius 3 is 2.54 bits per heavy atom. The summed E-state index contributed by atoms with van der Waals surface area (Å²) in [5.41, 5.74) is 1.10. The molecule has 0 radical (unpaired) electrons. The van der Waals surface area contributed by atoms with Gasteiger partial charge in [-0.05, 0) is 24.6 Å². The van der Waals surface area contributed by atoms with Gasteiger partial charge in [0.2, 0.25) is 0 Å². The van der Waals surface area contributed by atoms with Crippen molar-refractivity contribution >= 4 is 5.76 Å². The van der Waals surface area contributed by atoms with Crippen molar-refractivity contribution in [2.24, 2.45) is 0 Å². The highest BCUT2D eigenvalue weighted by Gasteiger charge is 2.11. The number of rotatable bonds is 2. The second kappa shape index (κ2) is 3.39. The molecule has 0 spiro atoms. The molecule has 1 aromatic rings. The molecule has 0 bridgehead atoms. The van der Waals surface area contributed by atoms with Gasteiger partial charge in [-0.15, -0.1) is 0 Å². The minimum absolute atomic E-state index is 0.0237. The molecule has 0 fully saturated rings. The highest BCUT2D eigenvalue weighted by atomic mass is 16.5. The van der Waals surface area contributed by atoms with E-state index < -0.39 is 0 Å². The zero-order valence-electron chi connectivity index (χ0n) is 7.66. The Labute approximate surface area is 76.9 Å². The van der Waals surface area contributed by atoms with E-state index in [9.17, 15) is 10.2 Å². The lowest BCUT2D eigenvalue weighted by Gasteiger charge is -2.09. The molecule has 70 valence electrons. The SMILES string of the molecule is C=C(O)c1c(O)cc(C)cc1OC. The van der Waals surface area contributed by atoms with Gasteiger partial charge in [-0.2, -0.15) is 0 Å². The lowest BCUT2D eigenvalue weighted by Crippen LogP contribution is -1.92. The molecule has 0 atom stereocenters. The van der Waals surface area contributed by atoms with Crippen LogP contribution < -0.4 is 4.74 Å². The van der Waals surface area contributed by atoms with Crippen LogP contribution in [-0.2, 0) is 0 Å². The Hall–Kier alpha value is -1.64. The summed E-state index contributed by atoms with van der Waals surface area (Å²) < 4.78 is 4.99. The van der Waals surface area contributed by atoms with Crippen LogP contribution in [0.2, 0.25) is 0 Å². The number of aryl methyl sites for hydroxylation is 1. The lowest BCUT2D eigenvalue weighted by molar-refractivity contribution is 0.398. The predicted octanol–water partition coefficient (Wildman–Crippen LogP) is 2.24. The van der Waals surface area contributed by atoms with E-state index in [1.165, 1.54) is 7.11 Å². The Morgan fingerprint density at radius 1 is 1.46 bits per heavy atom. The second-order valence-electron chi connectivity index (χ2n) is 2.81. The minimum Gasteiger partial charge on any atom is -0.508 e. The summed E-state index contributed by atoms with van der Waals surface area (Å²) in [6.45, 7) is 5.17. The average Bonchev–Trinajstić information content (AvgIpc) is 2.01. The molecule has 0 aliphatic heterocycles. The Balaban J connectivity index is 3.38. The molecule has 0 heterocycles. The summed E-state index contributed by atoms with van der Waals surface area (Å²) in [5, 5.41) is 18.6.